The van der Waals surface area contributed by atoms with Crippen LogP contribution in [0.4, 0.5) is 10.5 Å². The van der Waals surface area contributed by atoms with Crippen molar-refractivity contribution in [1.29, 1.82) is 0 Å². The minimum Gasteiger partial charge on any atom is -0.427 e. The van der Waals surface area contributed by atoms with Crippen molar-refractivity contribution in [2.24, 2.45) is 5.41 Å². The van der Waals surface area contributed by atoms with Gasteiger partial charge in [-0.2, -0.15) is 0 Å². The molecule has 3 heterocycles. The van der Waals surface area contributed by atoms with Gasteiger partial charge in [0.15, 0.2) is 11.4 Å². The number of hydrogen-bond donors (Lipinski definition) is 1. The monoisotopic (exact) mass is 479 g/mol. The van der Waals surface area contributed by atoms with Gasteiger partial charge in [0.05, 0.1) is 30.5 Å². The first-order valence-corrected chi connectivity index (χ1v) is 11.8. The van der Waals surface area contributed by atoms with Gasteiger partial charge in [-0.1, -0.05) is 32.9 Å². The second-order valence-corrected chi connectivity index (χ2v) is 10.8. The Balaban J connectivity index is 1.42. The van der Waals surface area contributed by atoms with Crippen LogP contribution in [0.5, 0.6) is 0 Å². The van der Waals surface area contributed by atoms with Gasteiger partial charge in [-0.3, -0.25) is 4.79 Å². The molecule has 0 radical (unpaired) electrons. The number of nitrogens with zero attached hydrogens (tertiary/aromatic N) is 4. The first-order chi connectivity index (χ1) is 16.4. The van der Waals surface area contributed by atoms with Crippen molar-refractivity contribution in [2.45, 2.75) is 47.1 Å². The van der Waals surface area contributed by atoms with E-state index in [9.17, 15) is 9.59 Å². The number of H-pyrrole nitrogens is 1. The quantitative estimate of drug-likeness (QED) is 0.419. The molecular weight excluding hydrogens is 446 g/mol. The molecule has 0 atom stereocenters. The number of carbonyl (C=O) groups is 2. The Hall–Kier alpha value is -3.46. The van der Waals surface area contributed by atoms with Crippen molar-refractivity contribution in [2.75, 3.05) is 31.1 Å². The molecule has 1 fully saturated rings. The van der Waals surface area contributed by atoms with Crippen LogP contribution in [0.3, 0.4) is 0 Å². The highest BCUT2D eigenvalue weighted by molar-refractivity contribution is 6.08. The lowest BCUT2D eigenvalue weighted by molar-refractivity contribution is -0.144. The van der Waals surface area contributed by atoms with Crippen molar-refractivity contribution in [3.05, 3.63) is 42.2 Å². The van der Waals surface area contributed by atoms with E-state index in [-0.39, 0.29) is 5.78 Å². The molecule has 2 aromatic heterocycles. The maximum Gasteiger partial charge on any atom is 0.528 e. The number of fused-ring (bicyclic) bond motifs is 1. The molecule has 0 spiro atoms. The molecule has 0 unspecified atom stereocenters. The maximum absolute atomic E-state index is 12.8. The van der Waals surface area contributed by atoms with E-state index in [1.165, 1.54) is 0 Å². The van der Waals surface area contributed by atoms with Gasteiger partial charge in [-0.15, -0.1) is 5.06 Å². The Labute approximate surface area is 205 Å². The number of rotatable bonds is 4. The molecule has 0 saturated carbocycles. The summed E-state index contributed by atoms with van der Waals surface area (Å²) >= 11 is 0. The third kappa shape index (κ3) is 5.79. The molecule has 1 aromatic carbocycles. The van der Waals surface area contributed by atoms with Crippen molar-refractivity contribution in [3.63, 3.8) is 0 Å². The minimum atomic E-state index is -0.678. The molecule has 0 bridgehead atoms. The van der Waals surface area contributed by atoms with E-state index in [0.717, 1.165) is 24.3 Å². The Kier molecular flexibility index (Phi) is 6.55. The predicted octanol–water partition coefficient (Wildman–Crippen LogP) is 4.84. The number of ketones is 1. The number of Topliss-reactive ketones (excluding diaryl/α,β-unsaturated/α-hetero) is 1. The highest BCUT2D eigenvalue weighted by Crippen LogP contribution is 2.28. The summed E-state index contributed by atoms with van der Waals surface area (Å²) in [6.07, 6.45) is 2.73. The summed E-state index contributed by atoms with van der Waals surface area (Å²) in [6, 6.07) is 8.10. The van der Waals surface area contributed by atoms with Gasteiger partial charge in [-0.05, 0) is 32.9 Å². The van der Waals surface area contributed by atoms with Crippen LogP contribution in [-0.2, 0) is 9.57 Å². The standard InChI is InChI=1S/C26H33N5O4/c1-25(2,3)22(32)19-15-27-23-21(19)29-20(16-28-23)17-7-9-18(10-8-17)30-11-13-31(14-12-30)35-24(33)34-26(4,5)6/h7-10,15-16H,11-14H2,1-6H3,(H,27,28). The van der Waals surface area contributed by atoms with Crippen molar-refractivity contribution in [3.8, 4) is 11.3 Å². The van der Waals surface area contributed by atoms with Gasteiger partial charge in [0.25, 0.3) is 0 Å². The summed E-state index contributed by atoms with van der Waals surface area (Å²) in [5, 5.41) is 1.64. The molecule has 0 aliphatic carbocycles. The number of carbonyl (C=O) groups excluding carboxylic acids is 2. The van der Waals surface area contributed by atoms with E-state index in [0.29, 0.717) is 35.5 Å². The SMILES string of the molecule is CC(C)(C)OC(=O)ON1CCN(c2ccc(-c3cnc4[nH]cc(C(=O)C(C)(C)C)c4n3)cc2)CC1. The van der Waals surface area contributed by atoms with Gasteiger partial charge in [0, 0.05) is 36.0 Å². The number of aromatic amines is 1. The van der Waals surface area contributed by atoms with Crippen LogP contribution in [0, 0.1) is 5.41 Å². The molecule has 9 heteroatoms. The third-order valence-electron chi connectivity index (χ3n) is 5.67. The number of aromatic nitrogens is 3. The van der Waals surface area contributed by atoms with Gasteiger partial charge < -0.3 is 19.5 Å². The Morgan fingerprint density at radius 2 is 1.63 bits per heavy atom. The molecule has 4 rings (SSSR count). The fourth-order valence-electron chi connectivity index (χ4n) is 3.86. The Morgan fingerprint density at radius 1 is 0.971 bits per heavy atom. The molecule has 3 aromatic rings. The van der Waals surface area contributed by atoms with Crippen LogP contribution in [0.25, 0.3) is 22.4 Å². The number of benzene rings is 1. The fourth-order valence-corrected chi connectivity index (χ4v) is 3.86. The van der Waals surface area contributed by atoms with E-state index in [4.69, 9.17) is 14.6 Å². The van der Waals surface area contributed by atoms with Crippen molar-refractivity contribution >= 4 is 28.8 Å². The highest BCUT2D eigenvalue weighted by Gasteiger charge is 2.27. The first-order valence-electron chi connectivity index (χ1n) is 11.8. The average molecular weight is 480 g/mol. The summed E-state index contributed by atoms with van der Waals surface area (Å²) < 4.78 is 5.22. The second kappa shape index (κ2) is 9.30. The first kappa shape index (κ1) is 24.7. The lowest BCUT2D eigenvalue weighted by Crippen LogP contribution is -2.47. The highest BCUT2D eigenvalue weighted by atomic mass is 16.8. The normalized spacial score (nSPS) is 15.3. The molecule has 9 nitrogen and oxygen atoms in total. The largest absolute Gasteiger partial charge is 0.528 e. The maximum atomic E-state index is 12.8. The van der Waals surface area contributed by atoms with Crippen LogP contribution >= 0.6 is 0 Å². The van der Waals surface area contributed by atoms with E-state index in [1.807, 2.05) is 65.8 Å². The van der Waals surface area contributed by atoms with Crippen LogP contribution in [0.15, 0.2) is 36.7 Å². The zero-order chi connectivity index (χ0) is 25.4. The number of ether oxygens (including phenoxy) is 1. The molecule has 1 saturated heterocycles. The summed E-state index contributed by atoms with van der Waals surface area (Å²) in [6.45, 7) is 13.7. The van der Waals surface area contributed by atoms with Gasteiger partial charge in [0.1, 0.15) is 11.1 Å². The smallest absolute Gasteiger partial charge is 0.427 e. The number of hydroxylamine groups is 2. The predicted molar refractivity (Wildman–Crippen MR) is 134 cm³/mol. The molecule has 35 heavy (non-hydrogen) atoms. The molecule has 1 N–H and O–H groups in total. The topological polar surface area (TPSA) is 101 Å². The van der Waals surface area contributed by atoms with E-state index in [1.54, 1.807) is 17.5 Å². The second-order valence-electron chi connectivity index (χ2n) is 10.8. The van der Waals surface area contributed by atoms with Crippen LogP contribution in [0.1, 0.15) is 51.9 Å². The molecular formula is C26H33N5O4. The number of nitrogens with one attached hydrogen (secondary N) is 1. The molecule has 186 valence electrons. The van der Waals surface area contributed by atoms with Crippen LogP contribution in [-0.4, -0.2) is 63.7 Å². The number of piperazine rings is 1. The Morgan fingerprint density at radius 3 is 2.23 bits per heavy atom. The van der Waals surface area contributed by atoms with Crippen molar-refractivity contribution < 1.29 is 19.2 Å². The van der Waals surface area contributed by atoms with Crippen LogP contribution in [0.2, 0.25) is 0 Å². The Bertz CT molecular complexity index is 1210. The van der Waals surface area contributed by atoms with Gasteiger partial charge in [-0.25, -0.2) is 14.8 Å². The van der Waals surface area contributed by atoms with Gasteiger partial charge >= 0.3 is 6.16 Å². The third-order valence-corrected chi connectivity index (χ3v) is 5.67. The lowest BCUT2D eigenvalue weighted by Gasteiger charge is -2.35. The van der Waals surface area contributed by atoms with E-state index in [2.05, 4.69) is 14.9 Å². The van der Waals surface area contributed by atoms with Crippen LogP contribution < -0.4 is 4.90 Å². The molecule has 1 aliphatic rings. The van der Waals surface area contributed by atoms with E-state index < -0.39 is 17.2 Å². The summed E-state index contributed by atoms with van der Waals surface area (Å²) in [5.74, 6) is 0.0281. The number of anilines is 1. The van der Waals surface area contributed by atoms with Gasteiger partial charge in [0.2, 0.25) is 0 Å². The van der Waals surface area contributed by atoms with Crippen molar-refractivity contribution in [1.82, 2.24) is 20.0 Å². The average Bonchev–Trinajstić information content (AvgIpc) is 3.20. The lowest BCUT2D eigenvalue weighted by atomic mass is 9.87. The fraction of sp³-hybridized carbons (Fsp3) is 0.462. The summed E-state index contributed by atoms with van der Waals surface area (Å²) in [4.78, 5) is 44.5. The minimum absolute atomic E-state index is 0.0281. The zero-order valence-electron chi connectivity index (χ0n) is 21.2. The zero-order valence-corrected chi connectivity index (χ0v) is 21.2. The van der Waals surface area contributed by atoms with E-state index >= 15 is 0 Å². The molecule has 0 amide bonds. The molecule has 1 aliphatic heterocycles. The summed E-state index contributed by atoms with van der Waals surface area (Å²) in [5.41, 5.74) is 3.37. The summed E-state index contributed by atoms with van der Waals surface area (Å²) in [7, 11) is 0. The number of hydrogen-bond acceptors (Lipinski definition) is 8.